The number of phenolic OH excluding ortho intramolecular Hbond substituents is 1. The molecular formula is C19H16O. The van der Waals surface area contributed by atoms with Crippen molar-refractivity contribution >= 4 is 0 Å². The summed E-state index contributed by atoms with van der Waals surface area (Å²) in [5, 5.41) is 10.3. The van der Waals surface area contributed by atoms with Gasteiger partial charge in [0.05, 0.1) is 0 Å². The molecule has 0 aromatic heterocycles. The lowest BCUT2D eigenvalue weighted by Gasteiger charge is -2.12. The zero-order valence-corrected chi connectivity index (χ0v) is 11.4. The maximum atomic E-state index is 10.3. The molecule has 0 bridgehead atoms. The van der Waals surface area contributed by atoms with Crippen LogP contribution in [0, 0.1) is 6.92 Å². The SMILES string of the molecule is Cc1cccc(-c2c(O)cccc2-c2ccccc2)c1. The van der Waals surface area contributed by atoms with Gasteiger partial charge in [0.25, 0.3) is 0 Å². The summed E-state index contributed by atoms with van der Waals surface area (Å²) < 4.78 is 0. The largest absolute Gasteiger partial charge is 0.507 e. The van der Waals surface area contributed by atoms with E-state index in [1.807, 2.05) is 42.5 Å². The topological polar surface area (TPSA) is 20.2 Å². The van der Waals surface area contributed by atoms with Crippen LogP contribution in [0.5, 0.6) is 5.75 Å². The van der Waals surface area contributed by atoms with Crippen LogP contribution in [0.15, 0.2) is 72.8 Å². The molecule has 1 N–H and O–H groups in total. The molecule has 0 atom stereocenters. The highest BCUT2D eigenvalue weighted by Crippen LogP contribution is 2.38. The summed E-state index contributed by atoms with van der Waals surface area (Å²) in [5.74, 6) is 0.317. The molecular weight excluding hydrogens is 244 g/mol. The monoisotopic (exact) mass is 260 g/mol. The molecule has 0 aliphatic heterocycles. The summed E-state index contributed by atoms with van der Waals surface area (Å²) >= 11 is 0. The smallest absolute Gasteiger partial charge is 0.124 e. The minimum absolute atomic E-state index is 0.317. The fourth-order valence-corrected chi connectivity index (χ4v) is 2.50. The van der Waals surface area contributed by atoms with Crippen LogP contribution < -0.4 is 0 Å². The van der Waals surface area contributed by atoms with E-state index in [1.165, 1.54) is 5.56 Å². The van der Waals surface area contributed by atoms with Crippen LogP contribution in [0.1, 0.15) is 5.56 Å². The lowest BCUT2D eigenvalue weighted by molar-refractivity contribution is 0.477. The van der Waals surface area contributed by atoms with E-state index in [9.17, 15) is 5.11 Å². The third-order valence-corrected chi connectivity index (χ3v) is 3.43. The summed E-state index contributed by atoms with van der Waals surface area (Å²) in [7, 11) is 0. The van der Waals surface area contributed by atoms with Crippen molar-refractivity contribution in [2.45, 2.75) is 6.92 Å². The third-order valence-electron chi connectivity index (χ3n) is 3.43. The molecule has 0 saturated carbocycles. The molecule has 1 nitrogen and oxygen atoms in total. The Morgan fingerprint density at radius 1 is 0.700 bits per heavy atom. The van der Waals surface area contributed by atoms with E-state index in [4.69, 9.17) is 0 Å². The number of aryl methyl sites for hydroxylation is 1. The van der Waals surface area contributed by atoms with Crippen LogP contribution in [0.4, 0.5) is 0 Å². The molecule has 0 saturated heterocycles. The lowest BCUT2D eigenvalue weighted by atomic mass is 9.93. The van der Waals surface area contributed by atoms with E-state index >= 15 is 0 Å². The Morgan fingerprint density at radius 2 is 1.40 bits per heavy atom. The second-order valence-electron chi connectivity index (χ2n) is 4.94. The van der Waals surface area contributed by atoms with Gasteiger partial charge in [-0.25, -0.2) is 0 Å². The van der Waals surface area contributed by atoms with E-state index in [0.29, 0.717) is 5.75 Å². The molecule has 0 unspecified atom stereocenters. The molecule has 0 spiro atoms. The molecule has 0 amide bonds. The van der Waals surface area contributed by atoms with Crippen molar-refractivity contribution < 1.29 is 5.11 Å². The van der Waals surface area contributed by atoms with Crippen molar-refractivity contribution in [1.29, 1.82) is 0 Å². The maximum absolute atomic E-state index is 10.3. The van der Waals surface area contributed by atoms with Crippen LogP contribution in [0.3, 0.4) is 0 Å². The molecule has 0 aliphatic rings. The molecule has 3 rings (SSSR count). The summed E-state index contributed by atoms with van der Waals surface area (Å²) in [6.45, 7) is 2.06. The molecule has 3 aromatic rings. The predicted octanol–water partition coefficient (Wildman–Crippen LogP) is 5.03. The van der Waals surface area contributed by atoms with Gasteiger partial charge in [0.15, 0.2) is 0 Å². The van der Waals surface area contributed by atoms with Crippen molar-refractivity contribution in [2.75, 3.05) is 0 Å². The quantitative estimate of drug-likeness (QED) is 0.684. The van der Waals surface area contributed by atoms with Crippen LogP contribution >= 0.6 is 0 Å². The summed E-state index contributed by atoms with van der Waals surface area (Å²) in [6.07, 6.45) is 0. The van der Waals surface area contributed by atoms with Gasteiger partial charge in [-0.1, -0.05) is 72.3 Å². The van der Waals surface area contributed by atoms with Crippen LogP contribution in [0.2, 0.25) is 0 Å². The first-order valence-corrected chi connectivity index (χ1v) is 6.70. The Bertz CT molecular complexity index is 730. The average molecular weight is 260 g/mol. The summed E-state index contributed by atoms with van der Waals surface area (Å²) in [6, 6.07) is 24.0. The van der Waals surface area contributed by atoms with Crippen molar-refractivity contribution in [3.63, 3.8) is 0 Å². The molecule has 3 aromatic carbocycles. The molecule has 20 heavy (non-hydrogen) atoms. The Hall–Kier alpha value is -2.54. The maximum Gasteiger partial charge on any atom is 0.124 e. The Kier molecular flexibility index (Phi) is 3.26. The Morgan fingerprint density at radius 3 is 2.15 bits per heavy atom. The van der Waals surface area contributed by atoms with Gasteiger partial charge in [-0.2, -0.15) is 0 Å². The second kappa shape index (κ2) is 5.22. The zero-order valence-electron chi connectivity index (χ0n) is 11.4. The standard InChI is InChI=1S/C19H16O/c1-14-7-5-10-16(13-14)19-17(11-6-12-18(19)20)15-8-3-2-4-9-15/h2-13,20H,1H3. The van der Waals surface area contributed by atoms with Gasteiger partial charge in [0.1, 0.15) is 5.75 Å². The normalized spacial score (nSPS) is 10.4. The van der Waals surface area contributed by atoms with Crippen molar-refractivity contribution in [3.8, 4) is 28.0 Å². The van der Waals surface area contributed by atoms with Crippen molar-refractivity contribution in [2.24, 2.45) is 0 Å². The number of phenols is 1. The fourth-order valence-electron chi connectivity index (χ4n) is 2.50. The number of hydrogen-bond acceptors (Lipinski definition) is 1. The summed E-state index contributed by atoms with van der Waals surface area (Å²) in [4.78, 5) is 0. The lowest BCUT2D eigenvalue weighted by Crippen LogP contribution is -1.86. The van der Waals surface area contributed by atoms with E-state index in [0.717, 1.165) is 22.3 Å². The Balaban J connectivity index is 2.25. The van der Waals surface area contributed by atoms with Crippen LogP contribution in [0.25, 0.3) is 22.3 Å². The van der Waals surface area contributed by atoms with Gasteiger partial charge in [-0.05, 0) is 29.7 Å². The van der Waals surface area contributed by atoms with E-state index < -0.39 is 0 Å². The van der Waals surface area contributed by atoms with E-state index in [2.05, 4.69) is 31.2 Å². The number of rotatable bonds is 2. The highest BCUT2D eigenvalue weighted by atomic mass is 16.3. The first-order chi connectivity index (χ1) is 9.75. The molecule has 0 radical (unpaired) electrons. The molecule has 1 heteroatoms. The average Bonchev–Trinajstić information content (AvgIpc) is 2.48. The molecule has 0 fully saturated rings. The van der Waals surface area contributed by atoms with E-state index in [-0.39, 0.29) is 0 Å². The van der Waals surface area contributed by atoms with Crippen molar-refractivity contribution in [1.82, 2.24) is 0 Å². The van der Waals surface area contributed by atoms with Gasteiger partial charge >= 0.3 is 0 Å². The van der Waals surface area contributed by atoms with Gasteiger partial charge in [0.2, 0.25) is 0 Å². The van der Waals surface area contributed by atoms with Gasteiger partial charge < -0.3 is 5.11 Å². The van der Waals surface area contributed by atoms with Crippen molar-refractivity contribution in [3.05, 3.63) is 78.4 Å². The third kappa shape index (κ3) is 2.30. The molecule has 0 aliphatic carbocycles. The first-order valence-electron chi connectivity index (χ1n) is 6.70. The summed E-state index contributed by atoms with van der Waals surface area (Å²) in [5.41, 5.74) is 5.28. The fraction of sp³-hybridized carbons (Fsp3) is 0.0526. The molecule has 0 heterocycles. The number of hydrogen-bond donors (Lipinski definition) is 1. The minimum Gasteiger partial charge on any atom is -0.507 e. The second-order valence-corrected chi connectivity index (χ2v) is 4.94. The van der Waals surface area contributed by atoms with Crippen LogP contribution in [-0.2, 0) is 0 Å². The highest BCUT2D eigenvalue weighted by molar-refractivity contribution is 5.87. The van der Waals surface area contributed by atoms with Gasteiger partial charge in [-0.15, -0.1) is 0 Å². The zero-order chi connectivity index (χ0) is 13.9. The minimum atomic E-state index is 0.317. The predicted molar refractivity (Wildman–Crippen MR) is 83.7 cm³/mol. The van der Waals surface area contributed by atoms with Crippen LogP contribution in [-0.4, -0.2) is 5.11 Å². The highest BCUT2D eigenvalue weighted by Gasteiger charge is 2.11. The number of aromatic hydroxyl groups is 1. The Labute approximate surface area is 119 Å². The number of benzene rings is 3. The van der Waals surface area contributed by atoms with E-state index in [1.54, 1.807) is 6.07 Å². The van der Waals surface area contributed by atoms with Gasteiger partial charge in [-0.3, -0.25) is 0 Å². The molecule has 98 valence electrons. The van der Waals surface area contributed by atoms with Gasteiger partial charge in [0, 0.05) is 5.56 Å². The first kappa shape index (κ1) is 12.5.